The molecule has 0 atom stereocenters. The van der Waals surface area contributed by atoms with Crippen molar-refractivity contribution in [2.24, 2.45) is 0 Å². The van der Waals surface area contributed by atoms with Crippen LogP contribution in [-0.4, -0.2) is 0 Å². The third-order valence-corrected chi connectivity index (χ3v) is 12.5. The van der Waals surface area contributed by atoms with Crippen molar-refractivity contribution in [2.75, 3.05) is 0 Å². The van der Waals surface area contributed by atoms with Crippen molar-refractivity contribution >= 4 is 34.3 Å². The Morgan fingerprint density at radius 3 is 0.667 bits per heavy atom. The summed E-state index contributed by atoms with van der Waals surface area (Å²) < 4.78 is 0. The third-order valence-electron chi connectivity index (χ3n) is 5.71. The van der Waals surface area contributed by atoms with Crippen LogP contribution in [0.1, 0.15) is 22.3 Å². The molecule has 0 N–H and O–H groups in total. The van der Waals surface area contributed by atoms with Crippen molar-refractivity contribution in [1.29, 1.82) is 0 Å². The van der Waals surface area contributed by atoms with Crippen molar-refractivity contribution in [3.63, 3.8) is 0 Å². The van der Waals surface area contributed by atoms with Gasteiger partial charge in [-0.2, -0.15) is 0 Å². The van der Waals surface area contributed by atoms with Crippen LogP contribution in [0.15, 0.2) is 121 Å². The van der Waals surface area contributed by atoms with Gasteiger partial charge in [0.1, 0.15) is 0 Å². The summed E-state index contributed by atoms with van der Waals surface area (Å²) in [4.78, 5) is 0. The molecule has 0 amide bonds. The first-order valence-corrected chi connectivity index (χ1v) is 14.8. The zero-order chi connectivity index (χ0) is 22.7. The molecule has 2 heterocycles. The Labute approximate surface area is 247 Å². The standard InChI is InChI=1S/C30H20P4.2Li/c1-5-13-21(14-6-1)25-26(22-15-7-2-8-16-22)32-29(31-25)30-33-27(23-17-9-3-10-18-23)28(34-30)24-19-11-4-12-20-24;;/h1-20H;;/q;2*+1. The molecule has 0 nitrogen and oxygen atoms in total. The molecule has 0 aliphatic carbocycles. The van der Waals surface area contributed by atoms with Gasteiger partial charge in [-0.15, -0.1) is 0 Å². The summed E-state index contributed by atoms with van der Waals surface area (Å²) in [5.41, 5.74) is 11.1. The van der Waals surface area contributed by atoms with E-state index in [1.807, 2.05) is 0 Å². The maximum absolute atomic E-state index is 2.25. The average molecular weight is 518 g/mol. The van der Waals surface area contributed by atoms with Gasteiger partial charge in [0.15, 0.2) is 0 Å². The Bertz CT molecular complexity index is 1000. The van der Waals surface area contributed by atoms with Crippen LogP contribution in [0.2, 0.25) is 0 Å². The first-order chi connectivity index (χ1) is 16.9. The zero-order valence-corrected chi connectivity index (χ0v) is 23.9. The van der Waals surface area contributed by atoms with Gasteiger partial charge in [-0.3, -0.25) is 0 Å². The molecule has 0 aromatic heterocycles. The van der Waals surface area contributed by atoms with E-state index in [2.05, 4.69) is 121 Å². The summed E-state index contributed by atoms with van der Waals surface area (Å²) >= 11 is 0. The van der Waals surface area contributed by atoms with Crippen LogP contribution in [0, 0.1) is 33.4 Å². The molecule has 4 aromatic carbocycles. The molecule has 10 radical (unpaired) electrons. The topological polar surface area (TPSA) is 0 Å². The van der Waals surface area contributed by atoms with Gasteiger partial charge in [0.05, 0.1) is 33.4 Å². The van der Waals surface area contributed by atoms with Gasteiger partial charge in [0.2, 0.25) is 0 Å². The van der Waals surface area contributed by atoms with E-state index in [0.717, 1.165) is 0 Å². The number of benzene rings is 4. The van der Waals surface area contributed by atoms with Crippen LogP contribution in [-0.2, 0) is 0 Å². The van der Waals surface area contributed by atoms with Crippen molar-refractivity contribution in [1.82, 2.24) is 0 Å². The minimum atomic E-state index is 0. The second-order valence-corrected chi connectivity index (χ2v) is 13.1. The Balaban J connectivity index is 0.00000152. The molecule has 6 rings (SSSR count). The SMILES string of the molecule is [Li+].[Li+].c1ccc([C]2[P][C]([C]3[P][C](c4ccccc4)[C](c4ccccc4)[P]3)[P][C]2c2ccccc2)cc1. The fourth-order valence-corrected chi connectivity index (χ4v) is 10.8. The third kappa shape index (κ3) is 6.33. The molecule has 2 saturated heterocycles. The molecular formula is C30H20Li2P4+2. The average Bonchev–Trinajstić information content (AvgIpc) is 3.56. The van der Waals surface area contributed by atoms with Crippen molar-refractivity contribution in [2.45, 2.75) is 0 Å². The minimum Gasteiger partial charge on any atom is -0.0622 e. The first-order valence-electron chi connectivity index (χ1n) is 11.2. The number of rotatable bonds is 5. The zero-order valence-electron chi connectivity index (χ0n) is 20.3. The largest absolute Gasteiger partial charge is 1.00 e. The van der Waals surface area contributed by atoms with E-state index in [1.54, 1.807) is 0 Å². The summed E-state index contributed by atoms with van der Waals surface area (Å²) in [5.74, 6) is 0. The maximum atomic E-state index is 2.25. The van der Waals surface area contributed by atoms with E-state index in [9.17, 15) is 0 Å². The van der Waals surface area contributed by atoms with Crippen molar-refractivity contribution in [3.8, 4) is 0 Å². The molecule has 2 aliphatic heterocycles. The molecule has 6 heteroatoms. The van der Waals surface area contributed by atoms with Gasteiger partial charge in [-0.05, 0) is 22.3 Å². The second-order valence-electron chi connectivity index (χ2n) is 7.95. The molecule has 2 aliphatic rings. The van der Waals surface area contributed by atoms with Gasteiger partial charge in [-0.25, -0.2) is 0 Å². The maximum Gasteiger partial charge on any atom is 1.00 e. The van der Waals surface area contributed by atoms with Crippen molar-refractivity contribution < 1.29 is 37.7 Å². The summed E-state index contributed by atoms with van der Waals surface area (Å²) in [6.45, 7) is 0. The van der Waals surface area contributed by atoms with Gasteiger partial charge >= 0.3 is 37.7 Å². The fraction of sp³-hybridized carbons (Fsp3) is 0. The minimum absolute atomic E-state index is 0. The predicted octanol–water partition coefficient (Wildman–Crippen LogP) is 4.11. The van der Waals surface area contributed by atoms with E-state index < -0.39 is 0 Å². The molecule has 2 fully saturated rings. The van der Waals surface area contributed by atoms with Gasteiger partial charge < -0.3 is 0 Å². The Morgan fingerprint density at radius 1 is 0.278 bits per heavy atom. The summed E-state index contributed by atoms with van der Waals surface area (Å²) in [5, 5.41) is 3.06. The number of hydrogen-bond donors (Lipinski definition) is 0. The number of hydrogen-bond acceptors (Lipinski definition) is 0. The predicted molar refractivity (Wildman–Crippen MR) is 149 cm³/mol. The molecule has 0 spiro atoms. The smallest absolute Gasteiger partial charge is 0.0622 e. The van der Waals surface area contributed by atoms with Crippen LogP contribution >= 0.6 is 34.3 Å². The fourth-order valence-electron chi connectivity index (χ4n) is 4.07. The molecular weight excluding hydrogens is 498 g/mol. The van der Waals surface area contributed by atoms with E-state index >= 15 is 0 Å². The molecule has 160 valence electrons. The Morgan fingerprint density at radius 2 is 0.472 bits per heavy atom. The molecule has 0 saturated carbocycles. The first kappa shape index (κ1) is 28.8. The van der Waals surface area contributed by atoms with Crippen LogP contribution in [0.4, 0.5) is 0 Å². The van der Waals surface area contributed by atoms with E-state index in [1.165, 1.54) is 90.0 Å². The second kappa shape index (κ2) is 13.7. The van der Waals surface area contributed by atoms with E-state index in [0.29, 0.717) is 0 Å². The van der Waals surface area contributed by atoms with Crippen molar-refractivity contribution in [3.05, 3.63) is 177 Å². The Hall–Kier alpha value is -0.205. The molecule has 36 heavy (non-hydrogen) atoms. The summed E-state index contributed by atoms with van der Waals surface area (Å²) in [6, 6.07) is 43.6. The van der Waals surface area contributed by atoms with E-state index in [-0.39, 0.29) is 37.7 Å². The molecule has 4 aromatic rings. The van der Waals surface area contributed by atoms with Crippen LogP contribution in [0.25, 0.3) is 0 Å². The van der Waals surface area contributed by atoms with E-state index in [4.69, 9.17) is 0 Å². The monoisotopic (exact) mass is 518 g/mol. The summed E-state index contributed by atoms with van der Waals surface area (Å²) in [7, 11) is 5.35. The van der Waals surface area contributed by atoms with Gasteiger partial charge in [0, 0.05) is 0 Å². The van der Waals surface area contributed by atoms with Crippen LogP contribution < -0.4 is 37.7 Å². The quantitative estimate of drug-likeness (QED) is 0.276. The van der Waals surface area contributed by atoms with Crippen LogP contribution in [0.5, 0.6) is 0 Å². The molecule has 0 bridgehead atoms. The summed E-state index contributed by atoms with van der Waals surface area (Å²) in [6.07, 6.45) is 0. The Kier molecular flexibility index (Phi) is 11.0. The molecule has 0 unspecified atom stereocenters. The van der Waals surface area contributed by atoms with Gasteiger partial charge in [0.25, 0.3) is 0 Å². The normalized spacial score (nSPS) is 20.8. The van der Waals surface area contributed by atoms with Gasteiger partial charge in [-0.1, -0.05) is 156 Å². The van der Waals surface area contributed by atoms with Crippen LogP contribution in [0.3, 0.4) is 0 Å².